The fourth-order valence-corrected chi connectivity index (χ4v) is 3.26. The average molecular weight is 392 g/mol. The molecule has 4 N–H and O–H groups in total. The molecule has 0 fully saturated rings. The van der Waals surface area contributed by atoms with Gasteiger partial charge < -0.3 is 15.2 Å². The smallest absolute Gasteiger partial charge is 0.260 e. The van der Waals surface area contributed by atoms with Crippen LogP contribution in [0.25, 0.3) is 21.8 Å². The number of aromatic amines is 1. The predicted octanol–water partition coefficient (Wildman–Crippen LogP) is 2.83. The number of nitrogen functional groups attached to an aromatic ring is 1. The summed E-state index contributed by atoms with van der Waals surface area (Å²) in [6, 6.07) is 6.98. The van der Waals surface area contributed by atoms with Gasteiger partial charge in [-0.05, 0) is 37.6 Å². The second-order valence-corrected chi connectivity index (χ2v) is 6.63. The molecule has 0 aliphatic rings. The number of H-pyrrole nitrogens is 1. The van der Waals surface area contributed by atoms with Gasteiger partial charge in [-0.3, -0.25) is 15.1 Å². The Balaban J connectivity index is 1.83. The number of nitrogens with zero attached hydrogens (tertiary/aromatic N) is 3. The zero-order valence-corrected chi connectivity index (χ0v) is 16.5. The Kier molecular flexibility index (Phi) is 4.42. The van der Waals surface area contributed by atoms with Gasteiger partial charge in [0.1, 0.15) is 17.0 Å². The molecule has 9 heteroatoms. The monoisotopic (exact) mass is 392 g/mol. The van der Waals surface area contributed by atoms with E-state index < -0.39 is 0 Å². The van der Waals surface area contributed by atoms with E-state index in [0.29, 0.717) is 33.6 Å². The molecule has 0 amide bonds. The van der Waals surface area contributed by atoms with Crippen LogP contribution in [0.15, 0.2) is 29.1 Å². The summed E-state index contributed by atoms with van der Waals surface area (Å²) in [6.07, 6.45) is 0. The summed E-state index contributed by atoms with van der Waals surface area (Å²) < 4.78 is 10.8. The summed E-state index contributed by atoms with van der Waals surface area (Å²) in [6.45, 7) is 3.71. The molecular formula is C20H20N6O3. The van der Waals surface area contributed by atoms with E-state index in [-0.39, 0.29) is 17.5 Å². The standard InChI is InChI=1S/C20H20N6O3/c1-9-5-11(21)6-14-16(9)23-20(25-18(14)27)26-19-22-10(2)13-7-12(28-3)8-15(29-4)17(13)24-19/h5-8H,21H2,1-4H3,(H2,22,23,24,25,26,27). The lowest BCUT2D eigenvalue weighted by molar-refractivity contribution is 0.397. The summed E-state index contributed by atoms with van der Waals surface area (Å²) in [5.41, 5.74) is 8.76. The highest BCUT2D eigenvalue weighted by Crippen LogP contribution is 2.32. The maximum atomic E-state index is 12.5. The molecule has 0 aliphatic carbocycles. The molecule has 148 valence electrons. The molecule has 4 rings (SSSR count). The SMILES string of the molecule is COc1cc(OC)c2nc(Nc3nc4c(C)cc(N)cc4c(=O)[nH]3)nc(C)c2c1. The maximum Gasteiger partial charge on any atom is 0.260 e. The van der Waals surface area contributed by atoms with Crippen molar-refractivity contribution in [2.75, 3.05) is 25.3 Å². The number of aromatic nitrogens is 4. The van der Waals surface area contributed by atoms with E-state index in [1.807, 2.05) is 19.9 Å². The van der Waals surface area contributed by atoms with Crippen molar-refractivity contribution in [2.24, 2.45) is 0 Å². The van der Waals surface area contributed by atoms with Crippen molar-refractivity contribution < 1.29 is 9.47 Å². The minimum Gasteiger partial charge on any atom is -0.497 e. The van der Waals surface area contributed by atoms with E-state index in [0.717, 1.165) is 16.6 Å². The first kappa shape index (κ1) is 18.5. The number of rotatable bonds is 4. The molecule has 9 nitrogen and oxygen atoms in total. The fraction of sp³-hybridized carbons (Fsp3) is 0.200. The zero-order valence-electron chi connectivity index (χ0n) is 16.5. The predicted molar refractivity (Wildman–Crippen MR) is 112 cm³/mol. The van der Waals surface area contributed by atoms with Gasteiger partial charge in [-0.2, -0.15) is 0 Å². The topological polar surface area (TPSA) is 128 Å². The molecule has 0 unspecified atom stereocenters. The number of hydrogen-bond acceptors (Lipinski definition) is 8. The van der Waals surface area contributed by atoms with Crippen molar-refractivity contribution in [3.63, 3.8) is 0 Å². The number of aryl methyl sites for hydroxylation is 2. The third-order valence-electron chi connectivity index (χ3n) is 4.64. The fourth-order valence-electron chi connectivity index (χ4n) is 3.26. The molecule has 0 radical (unpaired) electrons. The Morgan fingerprint density at radius 1 is 0.966 bits per heavy atom. The number of fused-ring (bicyclic) bond motifs is 2. The van der Waals surface area contributed by atoms with Gasteiger partial charge in [-0.25, -0.2) is 15.0 Å². The summed E-state index contributed by atoms with van der Waals surface area (Å²) in [4.78, 5) is 28.7. The quantitative estimate of drug-likeness (QED) is 0.452. The highest BCUT2D eigenvalue weighted by Gasteiger charge is 2.14. The molecule has 2 aromatic carbocycles. The number of nitrogens with two attached hydrogens (primary N) is 1. The second kappa shape index (κ2) is 6.93. The first-order valence-electron chi connectivity index (χ1n) is 8.87. The van der Waals surface area contributed by atoms with Crippen molar-refractivity contribution in [1.29, 1.82) is 0 Å². The second-order valence-electron chi connectivity index (χ2n) is 6.63. The molecule has 0 saturated carbocycles. The van der Waals surface area contributed by atoms with Crippen molar-refractivity contribution in [2.45, 2.75) is 13.8 Å². The van der Waals surface area contributed by atoms with Gasteiger partial charge in [0.05, 0.1) is 30.8 Å². The number of ether oxygens (including phenoxy) is 2. The minimum atomic E-state index is -0.298. The van der Waals surface area contributed by atoms with E-state index in [4.69, 9.17) is 15.2 Å². The van der Waals surface area contributed by atoms with Gasteiger partial charge >= 0.3 is 0 Å². The summed E-state index contributed by atoms with van der Waals surface area (Å²) in [5.74, 6) is 1.73. The van der Waals surface area contributed by atoms with Crippen LogP contribution in [0.5, 0.6) is 11.5 Å². The Labute approximate surface area is 165 Å². The first-order chi connectivity index (χ1) is 13.9. The lowest BCUT2D eigenvalue weighted by Crippen LogP contribution is -2.13. The number of methoxy groups -OCH3 is 2. The number of anilines is 3. The van der Waals surface area contributed by atoms with Crippen molar-refractivity contribution in [1.82, 2.24) is 19.9 Å². The molecule has 29 heavy (non-hydrogen) atoms. The van der Waals surface area contributed by atoms with Crippen LogP contribution in [0.4, 0.5) is 17.6 Å². The summed E-state index contributed by atoms with van der Waals surface area (Å²) in [5, 5.41) is 4.22. The molecule has 0 bridgehead atoms. The largest absolute Gasteiger partial charge is 0.497 e. The lowest BCUT2D eigenvalue weighted by atomic mass is 10.1. The van der Waals surface area contributed by atoms with Gasteiger partial charge in [0, 0.05) is 17.1 Å². The van der Waals surface area contributed by atoms with E-state index in [2.05, 4.69) is 25.3 Å². The van der Waals surface area contributed by atoms with Crippen LogP contribution >= 0.6 is 0 Å². The lowest BCUT2D eigenvalue weighted by Gasteiger charge is -2.12. The summed E-state index contributed by atoms with van der Waals surface area (Å²) in [7, 11) is 3.15. The molecule has 2 aromatic heterocycles. The Morgan fingerprint density at radius 3 is 2.48 bits per heavy atom. The van der Waals surface area contributed by atoms with Crippen LogP contribution < -0.4 is 26.1 Å². The van der Waals surface area contributed by atoms with E-state index in [1.54, 1.807) is 32.4 Å². The van der Waals surface area contributed by atoms with Gasteiger partial charge in [0.2, 0.25) is 11.9 Å². The van der Waals surface area contributed by atoms with Gasteiger partial charge in [-0.1, -0.05) is 0 Å². The van der Waals surface area contributed by atoms with Crippen molar-refractivity contribution in [3.8, 4) is 11.5 Å². The molecule has 0 spiro atoms. The Morgan fingerprint density at radius 2 is 1.76 bits per heavy atom. The van der Waals surface area contributed by atoms with E-state index >= 15 is 0 Å². The highest BCUT2D eigenvalue weighted by atomic mass is 16.5. The minimum absolute atomic E-state index is 0.238. The molecule has 2 heterocycles. The average Bonchev–Trinajstić information content (AvgIpc) is 2.68. The summed E-state index contributed by atoms with van der Waals surface area (Å²) >= 11 is 0. The third-order valence-corrected chi connectivity index (χ3v) is 4.64. The number of nitrogens with one attached hydrogen (secondary N) is 2. The van der Waals surface area contributed by atoms with Crippen LogP contribution in [0.3, 0.4) is 0 Å². The van der Waals surface area contributed by atoms with Crippen LogP contribution in [-0.4, -0.2) is 34.2 Å². The van der Waals surface area contributed by atoms with Crippen molar-refractivity contribution in [3.05, 3.63) is 45.9 Å². The van der Waals surface area contributed by atoms with E-state index in [9.17, 15) is 4.79 Å². The molecule has 0 saturated heterocycles. The van der Waals surface area contributed by atoms with Crippen LogP contribution in [-0.2, 0) is 0 Å². The molecule has 0 aliphatic heterocycles. The van der Waals surface area contributed by atoms with E-state index in [1.165, 1.54) is 0 Å². The number of hydrogen-bond donors (Lipinski definition) is 3. The van der Waals surface area contributed by atoms with Crippen LogP contribution in [0.2, 0.25) is 0 Å². The maximum absolute atomic E-state index is 12.5. The zero-order chi connectivity index (χ0) is 20.7. The van der Waals surface area contributed by atoms with Crippen molar-refractivity contribution >= 4 is 39.4 Å². The van der Waals surface area contributed by atoms with Gasteiger partial charge in [0.25, 0.3) is 5.56 Å². The third kappa shape index (κ3) is 3.27. The van der Waals surface area contributed by atoms with Gasteiger partial charge in [0.15, 0.2) is 0 Å². The van der Waals surface area contributed by atoms with Crippen LogP contribution in [0.1, 0.15) is 11.3 Å². The first-order valence-corrected chi connectivity index (χ1v) is 8.87. The molecule has 4 aromatic rings. The van der Waals surface area contributed by atoms with Crippen LogP contribution in [0, 0.1) is 13.8 Å². The number of benzene rings is 2. The Hall–Kier alpha value is -3.88. The Bertz CT molecular complexity index is 1320. The normalized spacial score (nSPS) is 11.0. The molecule has 0 atom stereocenters. The highest BCUT2D eigenvalue weighted by molar-refractivity contribution is 5.89. The molecular weight excluding hydrogens is 372 g/mol. The van der Waals surface area contributed by atoms with Gasteiger partial charge in [-0.15, -0.1) is 0 Å².